The number of hydrogen-bond donors (Lipinski definition) is 1. The summed E-state index contributed by atoms with van der Waals surface area (Å²) < 4.78 is 6.34. The topological polar surface area (TPSA) is 76.7 Å². The van der Waals surface area contributed by atoms with Gasteiger partial charge in [0.05, 0.1) is 18.5 Å². The Kier molecular flexibility index (Phi) is 2.34. The van der Waals surface area contributed by atoms with Crippen LogP contribution in [0.1, 0.15) is 16.2 Å². The first-order valence-corrected chi connectivity index (χ1v) is 4.28. The number of carbonyl (C=O) groups is 1. The molecule has 6 heteroatoms. The summed E-state index contributed by atoms with van der Waals surface area (Å²) in [7, 11) is 1.57. The molecule has 6 nitrogen and oxygen atoms in total. The first-order valence-electron chi connectivity index (χ1n) is 4.28. The van der Waals surface area contributed by atoms with Gasteiger partial charge in [0.1, 0.15) is 0 Å². The summed E-state index contributed by atoms with van der Waals surface area (Å²) in [6, 6.07) is 3.02. The molecule has 2 aromatic heterocycles. The number of aromatic carboxylic acids is 1. The van der Waals surface area contributed by atoms with Crippen molar-refractivity contribution in [3.05, 3.63) is 29.7 Å². The SMILES string of the molecule is COCc1cn2nc(C(=O)O)ccc2n1. The fourth-order valence-corrected chi connectivity index (χ4v) is 1.26. The van der Waals surface area contributed by atoms with Crippen LogP contribution in [0.5, 0.6) is 0 Å². The quantitative estimate of drug-likeness (QED) is 0.796. The summed E-state index contributed by atoms with van der Waals surface area (Å²) >= 11 is 0. The third-order valence-corrected chi connectivity index (χ3v) is 1.88. The Balaban J connectivity index is 2.47. The highest BCUT2D eigenvalue weighted by molar-refractivity contribution is 5.85. The van der Waals surface area contributed by atoms with Crippen LogP contribution < -0.4 is 0 Å². The highest BCUT2D eigenvalue weighted by Crippen LogP contribution is 2.05. The molecule has 0 aliphatic heterocycles. The van der Waals surface area contributed by atoms with E-state index < -0.39 is 5.97 Å². The highest BCUT2D eigenvalue weighted by Gasteiger charge is 2.07. The highest BCUT2D eigenvalue weighted by atomic mass is 16.5. The van der Waals surface area contributed by atoms with E-state index in [0.29, 0.717) is 17.9 Å². The van der Waals surface area contributed by atoms with Crippen molar-refractivity contribution in [2.45, 2.75) is 6.61 Å². The van der Waals surface area contributed by atoms with Gasteiger partial charge in [-0.3, -0.25) is 0 Å². The molecule has 0 amide bonds. The lowest BCUT2D eigenvalue weighted by Crippen LogP contribution is -2.03. The lowest BCUT2D eigenvalue weighted by atomic mass is 10.4. The largest absolute Gasteiger partial charge is 0.476 e. The van der Waals surface area contributed by atoms with Crippen LogP contribution in [0.25, 0.3) is 5.65 Å². The van der Waals surface area contributed by atoms with E-state index >= 15 is 0 Å². The van der Waals surface area contributed by atoms with Gasteiger partial charge in [-0.2, -0.15) is 5.10 Å². The summed E-state index contributed by atoms with van der Waals surface area (Å²) in [5.41, 5.74) is 1.31. The molecule has 0 unspecified atom stereocenters. The molecule has 1 N–H and O–H groups in total. The molecule has 0 saturated carbocycles. The van der Waals surface area contributed by atoms with Crippen molar-refractivity contribution in [3.63, 3.8) is 0 Å². The van der Waals surface area contributed by atoms with E-state index in [-0.39, 0.29) is 5.69 Å². The molecule has 0 fully saturated rings. The Morgan fingerprint density at radius 1 is 1.60 bits per heavy atom. The maximum Gasteiger partial charge on any atom is 0.356 e. The van der Waals surface area contributed by atoms with Gasteiger partial charge in [-0.05, 0) is 12.1 Å². The molecule has 15 heavy (non-hydrogen) atoms. The minimum Gasteiger partial charge on any atom is -0.476 e. The fourth-order valence-electron chi connectivity index (χ4n) is 1.26. The zero-order valence-corrected chi connectivity index (χ0v) is 8.04. The number of imidazole rings is 1. The number of aromatic nitrogens is 3. The fraction of sp³-hybridized carbons (Fsp3) is 0.222. The lowest BCUT2D eigenvalue weighted by Gasteiger charge is -1.93. The van der Waals surface area contributed by atoms with Crippen LogP contribution in [0.15, 0.2) is 18.3 Å². The summed E-state index contributed by atoms with van der Waals surface area (Å²) in [6.07, 6.45) is 1.64. The summed E-state index contributed by atoms with van der Waals surface area (Å²) in [6.45, 7) is 0.381. The van der Waals surface area contributed by atoms with Gasteiger partial charge in [-0.1, -0.05) is 0 Å². The van der Waals surface area contributed by atoms with Gasteiger partial charge < -0.3 is 9.84 Å². The molecule has 0 aromatic carbocycles. The van der Waals surface area contributed by atoms with Crippen LogP contribution in [0.4, 0.5) is 0 Å². The predicted molar refractivity (Wildman–Crippen MR) is 50.7 cm³/mol. The van der Waals surface area contributed by atoms with Crippen molar-refractivity contribution in [1.82, 2.24) is 14.6 Å². The lowest BCUT2D eigenvalue weighted by molar-refractivity contribution is 0.0689. The average molecular weight is 207 g/mol. The van der Waals surface area contributed by atoms with E-state index in [1.165, 1.54) is 10.6 Å². The van der Waals surface area contributed by atoms with Crippen molar-refractivity contribution in [2.24, 2.45) is 0 Å². The van der Waals surface area contributed by atoms with Gasteiger partial charge in [0.25, 0.3) is 0 Å². The minimum absolute atomic E-state index is 0.0103. The third-order valence-electron chi connectivity index (χ3n) is 1.88. The Morgan fingerprint density at radius 2 is 2.40 bits per heavy atom. The van der Waals surface area contributed by atoms with Crippen molar-refractivity contribution in [1.29, 1.82) is 0 Å². The molecule has 0 radical (unpaired) electrons. The molecule has 2 aromatic rings. The van der Waals surface area contributed by atoms with Gasteiger partial charge >= 0.3 is 5.97 Å². The second-order valence-corrected chi connectivity index (χ2v) is 2.99. The van der Waals surface area contributed by atoms with E-state index in [4.69, 9.17) is 9.84 Å². The number of nitrogens with zero attached hydrogens (tertiary/aromatic N) is 3. The van der Waals surface area contributed by atoms with Gasteiger partial charge in [0.2, 0.25) is 0 Å². The van der Waals surface area contributed by atoms with Crippen LogP contribution in [0.2, 0.25) is 0 Å². The van der Waals surface area contributed by atoms with Crippen LogP contribution >= 0.6 is 0 Å². The monoisotopic (exact) mass is 207 g/mol. The number of carboxylic acids is 1. The molecule has 2 heterocycles. The van der Waals surface area contributed by atoms with Gasteiger partial charge in [0.15, 0.2) is 11.3 Å². The summed E-state index contributed by atoms with van der Waals surface area (Å²) in [4.78, 5) is 14.8. The van der Waals surface area contributed by atoms with Gasteiger partial charge in [-0.15, -0.1) is 0 Å². The second kappa shape index (κ2) is 3.66. The van der Waals surface area contributed by atoms with Crippen LogP contribution in [0.3, 0.4) is 0 Å². The minimum atomic E-state index is -1.06. The van der Waals surface area contributed by atoms with Crippen LogP contribution in [0, 0.1) is 0 Å². The van der Waals surface area contributed by atoms with Gasteiger partial charge in [-0.25, -0.2) is 14.3 Å². The van der Waals surface area contributed by atoms with Crippen molar-refractivity contribution in [3.8, 4) is 0 Å². The molecule has 0 aliphatic rings. The average Bonchev–Trinajstić information content (AvgIpc) is 2.59. The summed E-state index contributed by atoms with van der Waals surface area (Å²) in [5, 5.41) is 12.6. The summed E-state index contributed by atoms with van der Waals surface area (Å²) in [5.74, 6) is -1.06. The van der Waals surface area contributed by atoms with Crippen molar-refractivity contribution in [2.75, 3.05) is 7.11 Å². The van der Waals surface area contributed by atoms with Crippen LogP contribution in [-0.2, 0) is 11.3 Å². The number of methoxy groups -OCH3 is 1. The van der Waals surface area contributed by atoms with Crippen molar-refractivity contribution < 1.29 is 14.6 Å². The number of rotatable bonds is 3. The molecular formula is C9H9N3O3. The zero-order valence-electron chi connectivity index (χ0n) is 8.04. The van der Waals surface area contributed by atoms with E-state index in [2.05, 4.69) is 10.1 Å². The second-order valence-electron chi connectivity index (χ2n) is 2.99. The third kappa shape index (κ3) is 1.79. The van der Waals surface area contributed by atoms with Gasteiger partial charge in [0, 0.05) is 7.11 Å². The van der Waals surface area contributed by atoms with E-state index in [9.17, 15) is 4.79 Å². The predicted octanol–water partition coefficient (Wildman–Crippen LogP) is 0.574. The molecule has 2 rings (SSSR count). The Labute approximate surface area is 85.1 Å². The maximum atomic E-state index is 10.7. The smallest absolute Gasteiger partial charge is 0.356 e. The standard InChI is InChI=1S/C9H9N3O3/c1-15-5-6-4-12-8(10-6)3-2-7(11-12)9(13)14/h2-4H,5H2,1H3,(H,13,14). The van der Waals surface area contributed by atoms with E-state index in [1.54, 1.807) is 19.4 Å². The molecule has 78 valence electrons. The van der Waals surface area contributed by atoms with E-state index in [1.807, 2.05) is 0 Å². The molecule has 0 spiro atoms. The number of hydrogen-bond acceptors (Lipinski definition) is 4. The number of ether oxygens (including phenoxy) is 1. The normalized spacial score (nSPS) is 10.7. The van der Waals surface area contributed by atoms with Crippen LogP contribution in [-0.4, -0.2) is 32.8 Å². The zero-order chi connectivity index (χ0) is 10.8. The first kappa shape index (κ1) is 9.60. The molecule has 0 bridgehead atoms. The first-order chi connectivity index (χ1) is 7.20. The van der Waals surface area contributed by atoms with E-state index in [0.717, 1.165) is 0 Å². The Hall–Kier alpha value is -1.95. The molecule has 0 saturated heterocycles. The molecular weight excluding hydrogens is 198 g/mol. The Morgan fingerprint density at radius 3 is 3.07 bits per heavy atom. The molecule has 0 atom stereocenters. The number of fused-ring (bicyclic) bond motifs is 1. The molecule has 0 aliphatic carbocycles. The number of carboxylic acid groups (broad SMARTS) is 1. The Bertz CT molecular complexity index is 506. The maximum absolute atomic E-state index is 10.7. The van der Waals surface area contributed by atoms with Crippen molar-refractivity contribution >= 4 is 11.6 Å².